The lowest BCUT2D eigenvalue weighted by molar-refractivity contribution is 0.0697. The van der Waals surface area contributed by atoms with Crippen LogP contribution in [-0.4, -0.2) is 21.0 Å². The summed E-state index contributed by atoms with van der Waals surface area (Å²) >= 11 is 6.08. The summed E-state index contributed by atoms with van der Waals surface area (Å²) in [6.07, 6.45) is 0. The lowest BCUT2D eigenvalue weighted by atomic mass is 10.1. The number of hydrogen-bond acceptors (Lipinski definition) is 4. The Kier molecular flexibility index (Phi) is 4.43. The Morgan fingerprint density at radius 1 is 1.29 bits per heavy atom. The number of aryl methyl sites for hydroxylation is 1. The maximum atomic E-state index is 10.9. The van der Waals surface area contributed by atoms with Crippen LogP contribution < -0.4 is 5.32 Å². The van der Waals surface area contributed by atoms with E-state index in [2.05, 4.69) is 29.1 Å². The number of carboxylic acid groups (broad SMARTS) is 1. The van der Waals surface area contributed by atoms with E-state index in [0.717, 1.165) is 11.4 Å². The second-order valence-corrected chi connectivity index (χ2v) is 5.44. The van der Waals surface area contributed by atoms with Crippen molar-refractivity contribution in [3.63, 3.8) is 0 Å². The number of rotatable bonds is 4. The Morgan fingerprint density at radius 3 is 2.57 bits per heavy atom. The first-order chi connectivity index (χ1) is 9.86. The molecule has 0 aliphatic carbocycles. The lowest BCUT2D eigenvalue weighted by Crippen LogP contribution is -2.04. The van der Waals surface area contributed by atoms with Crippen molar-refractivity contribution in [3.05, 3.63) is 46.2 Å². The summed E-state index contributed by atoms with van der Waals surface area (Å²) in [5.74, 6) is -0.280. The van der Waals surface area contributed by atoms with Crippen LogP contribution >= 0.6 is 11.6 Å². The minimum atomic E-state index is -1.02. The standard InChI is InChI=1S/C15H16ClN3O2/c1-8(2)13-6-9(3)17-15(19-13)18-12-5-4-10(14(20)21)7-11(12)16/h4-8H,1-3H3,(H,20,21)(H,17,18,19). The molecule has 0 aliphatic heterocycles. The van der Waals surface area contributed by atoms with Crippen LogP contribution in [0.1, 0.15) is 41.5 Å². The molecule has 1 heterocycles. The molecule has 1 aromatic heterocycles. The zero-order valence-electron chi connectivity index (χ0n) is 12.0. The molecule has 2 N–H and O–H groups in total. The molecule has 21 heavy (non-hydrogen) atoms. The lowest BCUT2D eigenvalue weighted by Gasteiger charge is -2.11. The molecule has 110 valence electrons. The predicted molar refractivity (Wildman–Crippen MR) is 82.6 cm³/mol. The predicted octanol–water partition coefficient (Wildman–Crippen LogP) is 4.00. The highest BCUT2D eigenvalue weighted by Gasteiger charge is 2.10. The molecule has 0 amide bonds. The first-order valence-electron chi connectivity index (χ1n) is 6.52. The molecule has 2 rings (SSSR count). The number of benzene rings is 1. The molecular formula is C15H16ClN3O2. The van der Waals surface area contributed by atoms with Gasteiger partial charge < -0.3 is 10.4 Å². The second kappa shape index (κ2) is 6.10. The van der Waals surface area contributed by atoms with Crippen molar-refractivity contribution < 1.29 is 9.90 Å². The molecule has 0 radical (unpaired) electrons. The van der Waals surface area contributed by atoms with Gasteiger partial charge >= 0.3 is 5.97 Å². The van der Waals surface area contributed by atoms with Crippen LogP contribution in [0.15, 0.2) is 24.3 Å². The third-order valence-electron chi connectivity index (χ3n) is 2.93. The summed E-state index contributed by atoms with van der Waals surface area (Å²) in [5.41, 5.74) is 2.50. The molecule has 0 saturated heterocycles. The average molecular weight is 306 g/mol. The number of aromatic carboxylic acids is 1. The Labute approximate surface area is 128 Å². The zero-order chi connectivity index (χ0) is 15.6. The number of nitrogens with one attached hydrogen (secondary N) is 1. The molecule has 2 aromatic rings. The monoisotopic (exact) mass is 305 g/mol. The second-order valence-electron chi connectivity index (χ2n) is 5.04. The first-order valence-corrected chi connectivity index (χ1v) is 6.90. The van der Waals surface area contributed by atoms with E-state index in [0.29, 0.717) is 16.7 Å². The highest BCUT2D eigenvalue weighted by atomic mass is 35.5. The average Bonchev–Trinajstić information content (AvgIpc) is 2.40. The minimum Gasteiger partial charge on any atom is -0.478 e. The van der Waals surface area contributed by atoms with Crippen LogP contribution in [0.3, 0.4) is 0 Å². The zero-order valence-corrected chi connectivity index (χ0v) is 12.8. The summed E-state index contributed by atoms with van der Waals surface area (Å²) in [5, 5.41) is 12.3. The fourth-order valence-electron chi connectivity index (χ4n) is 1.81. The molecule has 6 heteroatoms. The summed E-state index contributed by atoms with van der Waals surface area (Å²) in [7, 11) is 0. The largest absolute Gasteiger partial charge is 0.478 e. The Bertz CT molecular complexity index is 687. The van der Waals surface area contributed by atoms with Gasteiger partial charge in [-0.1, -0.05) is 25.4 Å². The van der Waals surface area contributed by atoms with Crippen LogP contribution in [-0.2, 0) is 0 Å². The molecule has 0 atom stereocenters. The van der Waals surface area contributed by atoms with Gasteiger partial charge in [0.1, 0.15) is 0 Å². The number of anilines is 2. The fourth-order valence-corrected chi connectivity index (χ4v) is 2.04. The van der Waals surface area contributed by atoms with Crippen molar-refractivity contribution in [1.29, 1.82) is 0 Å². The quantitative estimate of drug-likeness (QED) is 0.893. The number of carboxylic acids is 1. The van der Waals surface area contributed by atoms with E-state index >= 15 is 0 Å². The van der Waals surface area contributed by atoms with Gasteiger partial charge in [0.2, 0.25) is 5.95 Å². The van der Waals surface area contributed by atoms with Crippen LogP contribution in [0.5, 0.6) is 0 Å². The van der Waals surface area contributed by atoms with Crippen molar-refractivity contribution in [2.75, 3.05) is 5.32 Å². The molecule has 0 unspecified atom stereocenters. The Balaban J connectivity index is 2.32. The SMILES string of the molecule is Cc1cc(C(C)C)nc(Nc2ccc(C(=O)O)cc2Cl)n1. The highest BCUT2D eigenvalue weighted by molar-refractivity contribution is 6.33. The van der Waals surface area contributed by atoms with E-state index in [1.54, 1.807) is 6.07 Å². The number of hydrogen-bond donors (Lipinski definition) is 2. The van der Waals surface area contributed by atoms with Crippen molar-refractivity contribution in [2.24, 2.45) is 0 Å². The number of carbonyl (C=O) groups is 1. The van der Waals surface area contributed by atoms with Crippen LogP contribution in [0.2, 0.25) is 5.02 Å². The topological polar surface area (TPSA) is 75.1 Å². The van der Waals surface area contributed by atoms with Crippen molar-refractivity contribution in [3.8, 4) is 0 Å². The van der Waals surface area contributed by atoms with E-state index in [-0.39, 0.29) is 11.5 Å². The van der Waals surface area contributed by atoms with Gasteiger partial charge in [0, 0.05) is 11.4 Å². The molecule has 0 spiro atoms. The maximum Gasteiger partial charge on any atom is 0.335 e. The van der Waals surface area contributed by atoms with Gasteiger partial charge in [-0.15, -0.1) is 0 Å². The van der Waals surface area contributed by atoms with Gasteiger partial charge in [-0.25, -0.2) is 14.8 Å². The van der Waals surface area contributed by atoms with E-state index in [4.69, 9.17) is 16.7 Å². The van der Waals surface area contributed by atoms with Gasteiger partial charge in [0.05, 0.1) is 16.3 Å². The van der Waals surface area contributed by atoms with Crippen LogP contribution in [0, 0.1) is 6.92 Å². The minimum absolute atomic E-state index is 0.138. The van der Waals surface area contributed by atoms with Gasteiger partial charge in [0.15, 0.2) is 0 Å². The summed E-state index contributed by atoms with van der Waals surface area (Å²) in [4.78, 5) is 19.6. The maximum absolute atomic E-state index is 10.9. The highest BCUT2D eigenvalue weighted by Crippen LogP contribution is 2.26. The van der Waals surface area contributed by atoms with Crippen molar-refractivity contribution in [1.82, 2.24) is 9.97 Å². The third kappa shape index (κ3) is 3.70. The summed E-state index contributed by atoms with van der Waals surface area (Å²) in [6.45, 7) is 6.01. The molecular weight excluding hydrogens is 290 g/mol. The number of nitrogens with zero attached hydrogens (tertiary/aromatic N) is 2. The van der Waals surface area contributed by atoms with Crippen molar-refractivity contribution >= 4 is 29.2 Å². The molecule has 0 aliphatic rings. The number of aromatic nitrogens is 2. The summed E-state index contributed by atoms with van der Waals surface area (Å²) < 4.78 is 0. The van der Waals surface area contributed by atoms with Gasteiger partial charge in [-0.2, -0.15) is 0 Å². The first kappa shape index (κ1) is 15.3. The van der Waals surface area contributed by atoms with E-state index in [1.165, 1.54) is 12.1 Å². The Hall–Kier alpha value is -2.14. The fraction of sp³-hybridized carbons (Fsp3) is 0.267. The molecule has 0 bridgehead atoms. The van der Waals surface area contributed by atoms with Crippen molar-refractivity contribution in [2.45, 2.75) is 26.7 Å². The summed E-state index contributed by atoms with van der Waals surface area (Å²) in [6, 6.07) is 6.42. The third-order valence-corrected chi connectivity index (χ3v) is 3.24. The normalized spacial score (nSPS) is 10.7. The van der Waals surface area contributed by atoms with E-state index in [1.807, 2.05) is 13.0 Å². The Morgan fingerprint density at radius 2 is 2.00 bits per heavy atom. The van der Waals surface area contributed by atoms with Gasteiger partial charge in [-0.3, -0.25) is 0 Å². The van der Waals surface area contributed by atoms with Crippen LogP contribution in [0.25, 0.3) is 0 Å². The molecule has 0 fully saturated rings. The molecule has 0 saturated carbocycles. The number of halogens is 1. The van der Waals surface area contributed by atoms with Crippen LogP contribution in [0.4, 0.5) is 11.6 Å². The van der Waals surface area contributed by atoms with E-state index in [9.17, 15) is 4.79 Å². The molecule has 5 nitrogen and oxygen atoms in total. The van der Waals surface area contributed by atoms with Gasteiger partial charge in [0.25, 0.3) is 0 Å². The smallest absolute Gasteiger partial charge is 0.335 e. The van der Waals surface area contributed by atoms with Gasteiger partial charge in [-0.05, 0) is 37.1 Å². The van der Waals surface area contributed by atoms with E-state index < -0.39 is 5.97 Å². The molecule has 1 aromatic carbocycles.